The lowest BCUT2D eigenvalue weighted by molar-refractivity contribution is -0.134. The van der Waals surface area contributed by atoms with Gasteiger partial charge in [0.15, 0.2) is 6.61 Å². The number of nitrogens with zero attached hydrogens (tertiary/aromatic N) is 2. The number of hydrogen-bond donors (Lipinski definition) is 0. The Kier molecular flexibility index (Phi) is 8.16. The van der Waals surface area contributed by atoms with E-state index in [0.717, 1.165) is 5.56 Å². The molecule has 7 nitrogen and oxygen atoms in total. The minimum Gasteiger partial charge on any atom is -0.484 e. The number of benzene rings is 2. The Balaban J connectivity index is 1.50. The maximum Gasteiger partial charge on any atom is 0.260 e. The first kappa shape index (κ1) is 24.5. The van der Waals surface area contributed by atoms with Crippen LogP contribution in [0.4, 0.5) is 0 Å². The Morgan fingerprint density at radius 1 is 0.969 bits per heavy atom. The maximum atomic E-state index is 12.8. The summed E-state index contributed by atoms with van der Waals surface area (Å²) in [5.74, 6) is 0.490. The molecule has 0 aromatic heterocycles. The number of rotatable bonds is 8. The van der Waals surface area contributed by atoms with Crippen molar-refractivity contribution in [2.24, 2.45) is 0 Å². The van der Waals surface area contributed by atoms with Crippen molar-refractivity contribution in [3.8, 4) is 5.75 Å². The fraction of sp³-hybridized carbons (Fsp3) is 0.364. The highest BCUT2D eigenvalue weighted by molar-refractivity contribution is 7.89. The Morgan fingerprint density at radius 3 is 2.22 bits per heavy atom. The van der Waals surface area contributed by atoms with Crippen LogP contribution in [0.2, 0.25) is 10.0 Å². The number of ketones is 1. The second-order valence-electron chi connectivity index (χ2n) is 7.50. The number of halogens is 2. The van der Waals surface area contributed by atoms with Gasteiger partial charge in [0.1, 0.15) is 11.5 Å². The number of aryl methyl sites for hydroxylation is 1. The van der Waals surface area contributed by atoms with E-state index in [1.807, 2.05) is 12.1 Å². The van der Waals surface area contributed by atoms with Crippen LogP contribution < -0.4 is 4.74 Å². The fourth-order valence-corrected chi connectivity index (χ4v) is 5.09. The van der Waals surface area contributed by atoms with Crippen LogP contribution in [0.15, 0.2) is 47.4 Å². The molecule has 2 aromatic carbocycles. The third kappa shape index (κ3) is 6.22. The molecule has 0 aliphatic carbocycles. The minimum absolute atomic E-state index is 0.0711. The molecular weight excluding hydrogens is 475 g/mol. The van der Waals surface area contributed by atoms with E-state index in [0.29, 0.717) is 18.6 Å². The highest BCUT2D eigenvalue weighted by Crippen LogP contribution is 2.27. The molecule has 2 aromatic rings. The molecule has 172 valence electrons. The molecule has 10 heteroatoms. The highest BCUT2D eigenvalue weighted by atomic mass is 35.5. The van der Waals surface area contributed by atoms with Crippen molar-refractivity contribution < 1.29 is 22.7 Å². The number of piperazine rings is 1. The van der Waals surface area contributed by atoms with Crippen molar-refractivity contribution >= 4 is 44.9 Å². The zero-order valence-corrected chi connectivity index (χ0v) is 19.9. The quantitative estimate of drug-likeness (QED) is 0.556. The second-order valence-corrected chi connectivity index (χ2v) is 10.2. The number of Topliss-reactive ketones (excluding diaryl/α,β-unsaturated/α-hetero) is 1. The first-order chi connectivity index (χ1) is 15.2. The van der Waals surface area contributed by atoms with Gasteiger partial charge in [0.25, 0.3) is 5.91 Å². The lowest BCUT2D eigenvalue weighted by Crippen LogP contribution is -2.51. The van der Waals surface area contributed by atoms with E-state index in [1.54, 1.807) is 24.0 Å². The lowest BCUT2D eigenvalue weighted by Gasteiger charge is -2.34. The van der Waals surface area contributed by atoms with Crippen LogP contribution in [0.5, 0.6) is 5.75 Å². The zero-order valence-electron chi connectivity index (χ0n) is 17.6. The average molecular weight is 499 g/mol. The molecule has 3 rings (SSSR count). The largest absolute Gasteiger partial charge is 0.484 e. The third-order valence-electron chi connectivity index (χ3n) is 5.17. The van der Waals surface area contributed by atoms with Gasteiger partial charge in [-0.2, -0.15) is 4.31 Å². The molecule has 1 saturated heterocycles. The second kappa shape index (κ2) is 10.7. The van der Waals surface area contributed by atoms with E-state index in [4.69, 9.17) is 27.9 Å². The van der Waals surface area contributed by atoms with E-state index in [9.17, 15) is 18.0 Å². The Labute approximate surface area is 197 Å². The van der Waals surface area contributed by atoms with Gasteiger partial charge in [-0.25, -0.2) is 8.42 Å². The molecule has 1 aliphatic rings. The summed E-state index contributed by atoms with van der Waals surface area (Å²) in [5, 5.41) is 0.456. The molecule has 0 unspecified atom stereocenters. The molecule has 1 amide bonds. The highest BCUT2D eigenvalue weighted by Gasteiger charge is 2.30. The molecule has 0 saturated carbocycles. The molecule has 0 bridgehead atoms. The topological polar surface area (TPSA) is 84.0 Å². The van der Waals surface area contributed by atoms with Crippen molar-refractivity contribution in [3.63, 3.8) is 0 Å². The van der Waals surface area contributed by atoms with Crippen molar-refractivity contribution in [2.45, 2.75) is 24.7 Å². The predicted octanol–water partition coefficient (Wildman–Crippen LogP) is 3.43. The Morgan fingerprint density at radius 2 is 1.62 bits per heavy atom. The Hall–Kier alpha value is -2.13. The summed E-state index contributed by atoms with van der Waals surface area (Å²) in [5.41, 5.74) is 1.03. The van der Waals surface area contributed by atoms with Gasteiger partial charge in [0.2, 0.25) is 10.0 Å². The molecule has 1 aliphatic heterocycles. The molecule has 0 radical (unpaired) electrons. The first-order valence-electron chi connectivity index (χ1n) is 10.1. The number of carbonyl (C=O) groups is 2. The number of ether oxygens (including phenoxy) is 1. The van der Waals surface area contributed by atoms with Crippen LogP contribution in [0.3, 0.4) is 0 Å². The van der Waals surface area contributed by atoms with Gasteiger partial charge in [-0.3, -0.25) is 4.79 Å². The molecular formula is C22H24Cl2N2O5S. The molecule has 0 spiro atoms. The third-order valence-corrected chi connectivity index (χ3v) is 7.81. The SMILES string of the molecule is CC(=O)CCc1ccc(OCC(=O)N2CCN(S(=O)(=O)c3ccc(Cl)c(Cl)c3)CC2)cc1. The zero-order chi connectivity index (χ0) is 23.3. The van der Waals surface area contributed by atoms with Crippen molar-refractivity contribution in [1.29, 1.82) is 0 Å². The summed E-state index contributed by atoms with van der Waals surface area (Å²) in [6.07, 6.45) is 1.16. The summed E-state index contributed by atoms with van der Waals surface area (Å²) in [6.45, 7) is 2.33. The normalized spacial score (nSPS) is 14.9. The van der Waals surface area contributed by atoms with E-state index < -0.39 is 10.0 Å². The standard InChI is InChI=1S/C22H24Cl2N2O5S/c1-16(27)2-3-17-4-6-18(7-5-17)31-15-22(28)25-10-12-26(13-11-25)32(29,30)19-8-9-20(23)21(24)14-19/h4-9,14H,2-3,10-13,15H2,1H3. The summed E-state index contributed by atoms with van der Waals surface area (Å²) < 4.78 is 32.6. The van der Waals surface area contributed by atoms with Gasteiger partial charge in [-0.15, -0.1) is 0 Å². The van der Waals surface area contributed by atoms with Gasteiger partial charge in [-0.05, 0) is 49.2 Å². The van der Waals surface area contributed by atoms with E-state index >= 15 is 0 Å². The van der Waals surface area contributed by atoms with E-state index in [-0.39, 0.29) is 59.4 Å². The number of sulfonamides is 1. The minimum atomic E-state index is -3.72. The van der Waals surface area contributed by atoms with Crippen LogP contribution >= 0.6 is 23.2 Å². The fourth-order valence-electron chi connectivity index (χ4n) is 3.27. The summed E-state index contributed by atoms with van der Waals surface area (Å²) in [7, 11) is -3.72. The van der Waals surface area contributed by atoms with Crippen LogP contribution in [0.25, 0.3) is 0 Å². The lowest BCUT2D eigenvalue weighted by atomic mass is 10.1. The first-order valence-corrected chi connectivity index (χ1v) is 12.3. The van der Waals surface area contributed by atoms with Crippen molar-refractivity contribution in [1.82, 2.24) is 9.21 Å². The number of hydrogen-bond acceptors (Lipinski definition) is 5. The Bertz CT molecular complexity index is 1080. The van der Waals surface area contributed by atoms with Crippen molar-refractivity contribution in [2.75, 3.05) is 32.8 Å². The smallest absolute Gasteiger partial charge is 0.260 e. The molecule has 1 heterocycles. The van der Waals surface area contributed by atoms with Gasteiger partial charge in [0, 0.05) is 32.6 Å². The van der Waals surface area contributed by atoms with Crippen LogP contribution in [0, 0.1) is 0 Å². The van der Waals surface area contributed by atoms with Gasteiger partial charge >= 0.3 is 0 Å². The predicted molar refractivity (Wildman–Crippen MR) is 123 cm³/mol. The van der Waals surface area contributed by atoms with Gasteiger partial charge in [0.05, 0.1) is 14.9 Å². The van der Waals surface area contributed by atoms with Crippen LogP contribution in [0.1, 0.15) is 18.9 Å². The van der Waals surface area contributed by atoms with Gasteiger partial charge in [-0.1, -0.05) is 35.3 Å². The monoisotopic (exact) mass is 498 g/mol. The molecule has 0 atom stereocenters. The van der Waals surface area contributed by atoms with Crippen LogP contribution in [-0.2, 0) is 26.0 Å². The maximum absolute atomic E-state index is 12.8. The van der Waals surface area contributed by atoms with Crippen LogP contribution in [-0.4, -0.2) is 62.1 Å². The number of amides is 1. The van der Waals surface area contributed by atoms with E-state index in [1.165, 1.54) is 22.5 Å². The molecule has 32 heavy (non-hydrogen) atoms. The summed E-state index contributed by atoms with van der Waals surface area (Å²) >= 11 is 11.8. The van der Waals surface area contributed by atoms with Gasteiger partial charge < -0.3 is 14.4 Å². The van der Waals surface area contributed by atoms with Crippen molar-refractivity contribution in [3.05, 3.63) is 58.1 Å². The average Bonchev–Trinajstić information content (AvgIpc) is 2.78. The summed E-state index contributed by atoms with van der Waals surface area (Å²) in [6, 6.07) is 11.5. The molecule has 1 fully saturated rings. The number of carbonyl (C=O) groups excluding carboxylic acids is 2. The molecule has 0 N–H and O–H groups in total. The summed E-state index contributed by atoms with van der Waals surface area (Å²) in [4.78, 5) is 25.2. The van der Waals surface area contributed by atoms with E-state index in [2.05, 4.69) is 0 Å².